The first-order chi connectivity index (χ1) is 6.58. The highest BCUT2D eigenvalue weighted by atomic mass is 19.2. The summed E-state index contributed by atoms with van der Waals surface area (Å²) < 4.78 is 38.0. The molecule has 1 unspecified atom stereocenters. The molecule has 14 heavy (non-hydrogen) atoms. The van der Waals surface area contributed by atoms with Crippen LogP contribution in [0, 0.1) is 17.5 Å². The lowest BCUT2D eigenvalue weighted by molar-refractivity contribution is -0.128. The maximum absolute atomic E-state index is 12.7. The van der Waals surface area contributed by atoms with Gasteiger partial charge in [0.2, 0.25) is 5.91 Å². The van der Waals surface area contributed by atoms with E-state index in [4.69, 9.17) is 0 Å². The van der Waals surface area contributed by atoms with E-state index < -0.39 is 23.5 Å². The van der Waals surface area contributed by atoms with E-state index in [1.807, 2.05) is 0 Å². The van der Waals surface area contributed by atoms with E-state index in [9.17, 15) is 18.0 Å². The number of carbonyl (C=O) groups is 1. The third-order valence-corrected chi connectivity index (χ3v) is 2.13. The van der Waals surface area contributed by atoms with Gasteiger partial charge in [0.15, 0.2) is 17.5 Å². The van der Waals surface area contributed by atoms with Crippen LogP contribution in [0.5, 0.6) is 0 Å². The Hall–Kier alpha value is -1.52. The number of halogens is 3. The minimum Gasteiger partial charge on any atom is -0.349 e. The van der Waals surface area contributed by atoms with E-state index in [1.165, 1.54) is 0 Å². The molecule has 1 aromatic rings. The molecule has 1 N–H and O–H groups in total. The van der Waals surface area contributed by atoms with Crippen LogP contribution in [0.4, 0.5) is 13.2 Å². The number of hydrogen-bond donors (Lipinski definition) is 1. The Morgan fingerprint density at radius 3 is 2.14 bits per heavy atom. The number of hydrogen-bond acceptors (Lipinski definition) is 1. The Kier molecular flexibility index (Phi) is 1.94. The average molecular weight is 201 g/mol. The molecule has 1 aliphatic rings. The van der Waals surface area contributed by atoms with Crippen molar-refractivity contribution in [3.8, 4) is 0 Å². The molecule has 0 radical (unpaired) electrons. The topological polar surface area (TPSA) is 29.1 Å². The molecule has 1 saturated heterocycles. The van der Waals surface area contributed by atoms with Crippen LogP contribution < -0.4 is 5.32 Å². The zero-order valence-corrected chi connectivity index (χ0v) is 6.98. The molecule has 0 spiro atoms. The second-order valence-corrected chi connectivity index (χ2v) is 3.12. The molecular formula is C9H6F3NO. The Labute approximate surface area is 77.7 Å². The molecule has 2 nitrogen and oxygen atoms in total. The summed E-state index contributed by atoms with van der Waals surface area (Å²) in [6.45, 7) is 0. The molecule has 1 fully saturated rings. The van der Waals surface area contributed by atoms with Crippen LogP contribution in [-0.4, -0.2) is 5.91 Å². The van der Waals surface area contributed by atoms with Crippen molar-refractivity contribution in [3.05, 3.63) is 35.1 Å². The molecule has 1 aliphatic heterocycles. The van der Waals surface area contributed by atoms with Crippen molar-refractivity contribution in [2.24, 2.45) is 0 Å². The number of amides is 1. The Morgan fingerprint density at radius 1 is 1.21 bits per heavy atom. The fraction of sp³-hybridized carbons (Fsp3) is 0.222. The minimum absolute atomic E-state index is 0.180. The summed E-state index contributed by atoms with van der Waals surface area (Å²) in [5.74, 6) is -4.14. The van der Waals surface area contributed by atoms with E-state index in [2.05, 4.69) is 5.32 Å². The zero-order chi connectivity index (χ0) is 10.3. The molecule has 5 heteroatoms. The third-order valence-electron chi connectivity index (χ3n) is 2.13. The number of benzene rings is 1. The number of β-lactam (4-membered cyclic amide) rings is 1. The smallest absolute Gasteiger partial charge is 0.222 e. The van der Waals surface area contributed by atoms with E-state index in [0.717, 1.165) is 12.1 Å². The van der Waals surface area contributed by atoms with Crippen LogP contribution >= 0.6 is 0 Å². The van der Waals surface area contributed by atoms with Crippen LogP contribution in [0.15, 0.2) is 12.1 Å². The van der Waals surface area contributed by atoms with Gasteiger partial charge in [0.1, 0.15) is 0 Å². The van der Waals surface area contributed by atoms with Gasteiger partial charge < -0.3 is 5.32 Å². The summed E-state index contributed by atoms with van der Waals surface area (Å²) in [4.78, 5) is 10.5. The van der Waals surface area contributed by atoms with E-state index in [0.29, 0.717) is 0 Å². The summed E-state index contributed by atoms with van der Waals surface area (Å²) in [5.41, 5.74) is 0.251. The van der Waals surface area contributed by atoms with Crippen LogP contribution in [0.1, 0.15) is 18.0 Å². The molecule has 1 atom stereocenters. The van der Waals surface area contributed by atoms with Gasteiger partial charge >= 0.3 is 0 Å². The summed E-state index contributed by atoms with van der Waals surface area (Å²) in [6, 6.07) is 1.39. The molecule has 74 valence electrons. The predicted molar refractivity (Wildman–Crippen MR) is 41.8 cm³/mol. The first-order valence-corrected chi connectivity index (χ1v) is 4.01. The fourth-order valence-corrected chi connectivity index (χ4v) is 1.34. The lowest BCUT2D eigenvalue weighted by Crippen LogP contribution is -2.41. The summed E-state index contributed by atoms with van der Waals surface area (Å²) in [7, 11) is 0. The van der Waals surface area contributed by atoms with Gasteiger partial charge in [-0.25, -0.2) is 13.2 Å². The highest BCUT2D eigenvalue weighted by molar-refractivity contribution is 5.83. The Morgan fingerprint density at radius 2 is 1.71 bits per heavy atom. The monoisotopic (exact) mass is 201 g/mol. The van der Waals surface area contributed by atoms with Gasteiger partial charge in [-0.05, 0) is 17.7 Å². The van der Waals surface area contributed by atoms with Gasteiger partial charge in [-0.15, -0.1) is 0 Å². The van der Waals surface area contributed by atoms with E-state index in [-0.39, 0.29) is 17.9 Å². The summed E-state index contributed by atoms with van der Waals surface area (Å²) in [5, 5.41) is 2.44. The predicted octanol–water partition coefficient (Wildman–Crippen LogP) is 1.66. The van der Waals surface area contributed by atoms with Crippen LogP contribution in [0.25, 0.3) is 0 Å². The molecule has 1 amide bonds. The number of rotatable bonds is 1. The highest BCUT2D eigenvalue weighted by Crippen LogP contribution is 2.26. The SMILES string of the molecule is O=C1CC(c2cc(F)c(F)c(F)c2)N1. The summed E-state index contributed by atoms with van der Waals surface area (Å²) >= 11 is 0. The quantitative estimate of drug-likeness (QED) is 0.543. The maximum atomic E-state index is 12.7. The molecule has 0 bridgehead atoms. The van der Waals surface area contributed by atoms with Crippen LogP contribution in [0.3, 0.4) is 0 Å². The Balaban J connectivity index is 2.32. The lowest BCUT2D eigenvalue weighted by atomic mass is 9.97. The van der Waals surface area contributed by atoms with E-state index >= 15 is 0 Å². The minimum atomic E-state index is -1.49. The second kappa shape index (κ2) is 3.01. The van der Waals surface area contributed by atoms with Crippen molar-refractivity contribution >= 4 is 5.91 Å². The van der Waals surface area contributed by atoms with Gasteiger partial charge in [-0.3, -0.25) is 4.79 Å². The van der Waals surface area contributed by atoms with Gasteiger partial charge in [-0.1, -0.05) is 0 Å². The van der Waals surface area contributed by atoms with Crippen molar-refractivity contribution in [3.63, 3.8) is 0 Å². The van der Waals surface area contributed by atoms with Gasteiger partial charge in [-0.2, -0.15) is 0 Å². The zero-order valence-electron chi connectivity index (χ0n) is 6.98. The maximum Gasteiger partial charge on any atom is 0.222 e. The average Bonchev–Trinajstić information content (AvgIpc) is 2.08. The fourth-order valence-electron chi connectivity index (χ4n) is 1.34. The highest BCUT2D eigenvalue weighted by Gasteiger charge is 2.28. The van der Waals surface area contributed by atoms with Gasteiger partial charge in [0.05, 0.1) is 12.5 Å². The molecule has 0 saturated carbocycles. The van der Waals surface area contributed by atoms with Crippen molar-refractivity contribution in [2.45, 2.75) is 12.5 Å². The first-order valence-electron chi connectivity index (χ1n) is 4.01. The van der Waals surface area contributed by atoms with Crippen molar-refractivity contribution in [1.29, 1.82) is 0 Å². The molecule has 0 aromatic heterocycles. The normalized spacial score (nSPS) is 20.2. The molecule has 2 rings (SSSR count). The van der Waals surface area contributed by atoms with Crippen molar-refractivity contribution in [1.82, 2.24) is 5.32 Å². The third kappa shape index (κ3) is 1.34. The lowest BCUT2D eigenvalue weighted by Gasteiger charge is -2.27. The summed E-state index contributed by atoms with van der Waals surface area (Å²) in [6.07, 6.45) is 0.185. The number of nitrogens with one attached hydrogen (secondary N) is 1. The molecule has 0 aliphatic carbocycles. The second-order valence-electron chi connectivity index (χ2n) is 3.12. The number of carbonyl (C=O) groups excluding carboxylic acids is 1. The van der Waals surface area contributed by atoms with Crippen LogP contribution in [0.2, 0.25) is 0 Å². The van der Waals surface area contributed by atoms with Crippen molar-refractivity contribution < 1.29 is 18.0 Å². The van der Waals surface area contributed by atoms with Crippen molar-refractivity contribution in [2.75, 3.05) is 0 Å². The van der Waals surface area contributed by atoms with Crippen LogP contribution in [-0.2, 0) is 4.79 Å². The first kappa shape index (κ1) is 9.05. The Bertz CT molecular complexity index is 374. The molecule has 1 heterocycles. The molecule has 1 aromatic carbocycles. The largest absolute Gasteiger partial charge is 0.349 e. The molecular weight excluding hydrogens is 195 g/mol. The van der Waals surface area contributed by atoms with E-state index in [1.54, 1.807) is 0 Å². The standard InChI is InChI=1S/C9H6F3NO/c10-5-1-4(2-6(11)9(5)12)7-3-8(14)13-7/h1-2,7H,3H2,(H,13,14). The van der Waals surface area contributed by atoms with Gasteiger partial charge in [0.25, 0.3) is 0 Å². The van der Waals surface area contributed by atoms with Gasteiger partial charge in [0, 0.05) is 0 Å².